The number of anilines is 1. The number of aliphatic hydroxyl groups is 1. The minimum atomic E-state index is -1.46. The second-order valence-corrected chi connectivity index (χ2v) is 15.8. The van der Waals surface area contributed by atoms with E-state index >= 15 is 9.59 Å². The van der Waals surface area contributed by atoms with Crippen molar-refractivity contribution in [3.63, 3.8) is 0 Å². The Morgan fingerprint density at radius 1 is 1.04 bits per heavy atom. The molecule has 0 aromatic heterocycles. The van der Waals surface area contributed by atoms with Gasteiger partial charge in [0.1, 0.15) is 23.5 Å². The maximum Gasteiger partial charge on any atom is 0.313 e. The van der Waals surface area contributed by atoms with Gasteiger partial charge in [0.15, 0.2) is 0 Å². The number of amides is 3. The van der Waals surface area contributed by atoms with E-state index in [0.29, 0.717) is 23.4 Å². The molecule has 13 heteroatoms. The molecule has 3 aliphatic heterocycles. The number of benzene rings is 3. The van der Waals surface area contributed by atoms with Gasteiger partial charge in [-0.1, -0.05) is 88.7 Å². The zero-order chi connectivity index (χ0) is 40.7. The first-order chi connectivity index (χ1) is 27.6. The summed E-state index contributed by atoms with van der Waals surface area (Å²) >= 11 is 3.76. The molecule has 2 bridgehead atoms. The lowest BCUT2D eigenvalue weighted by molar-refractivity contribution is -0.163. The van der Waals surface area contributed by atoms with Gasteiger partial charge in [0.25, 0.3) is 5.91 Å². The normalized spacial score (nSPS) is 24.9. The minimum Gasteiger partial charge on any atom is -0.497 e. The van der Waals surface area contributed by atoms with E-state index in [9.17, 15) is 14.7 Å². The highest BCUT2D eigenvalue weighted by Gasteiger charge is 2.77. The van der Waals surface area contributed by atoms with Gasteiger partial charge in [0.05, 0.1) is 50.3 Å². The van der Waals surface area contributed by atoms with Crippen molar-refractivity contribution in [2.75, 3.05) is 38.9 Å². The maximum absolute atomic E-state index is 15.2. The molecule has 6 rings (SSSR count). The predicted octanol–water partition coefficient (Wildman–Crippen LogP) is 4.95. The van der Waals surface area contributed by atoms with Gasteiger partial charge in [-0.2, -0.15) is 0 Å². The van der Waals surface area contributed by atoms with Gasteiger partial charge in [-0.05, 0) is 54.7 Å². The number of nitrogens with zero attached hydrogens (tertiary/aromatic N) is 2. The summed E-state index contributed by atoms with van der Waals surface area (Å²) in [5.74, 6) is -3.56. The van der Waals surface area contributed by atoms with Crippen molar-refractivity contribution in [1.82, 2.24) is 10.2 Å². The number of fused-ring (bicyclic) bond motifs is 1. The summed E-state index contributed by atoms with van der Waals surface area (Å²) in [6.45, 7) is 7.29. The van der Waals surface area contributed by atoms with E-state index in [1.807, 2.05) is 36.4 Å². The van der Waals surface area contributed by atoms with Gasteiger partial charge in [0, 0.05) is 30.6 Å². The number of nitrogens with one attached hydrogen (secondary N) is 1. The van der Waals surface area contributed by atoms with Crippen LogP contribution in [0.1, 0.15) is 36.5 Å². The fraction of sp³-hybridized carbons (Fsp3) is 0.409. The first-order valence-corrected chi connectivity index (χ1v) is 20.0. The highest BCUT2D eigenvalue weighted by Crippen LogP contribution is 2.61. The summed E-state index contributed by atoms with van der Waals surface area (Å²) in [6.07, 6.45) is 2.56. The third-order valence-corrected chi connectivity index (χ3v) is 12.0. The molecule has 3 saturated heterocycles. The topological polar surface area (TPSA) is 144 Å². The minimum absolute atomic E-state index is 0.0250. The van der Waals surface area contributed by atoms with Gasteiger partial charge < -0.3 is 39.2 Å². The highest BCUT2D eigenvalue weighted by molar-refractivity contribution is 9.09. The van der Waals surface area contributed by atoms with E-state index in [4.69, 9.17) is 18.9 Å². The van der Waals surface area contributed by atoms with Gasteiger partial charge in [-0.3, -0.25) is 19.2 Å². The Kier molecular flexibility index (Phi) is 13.7. The van der Waals surface area contributed by atoms with Crippen LogP contribution >= 0.6 is 15.9 Å². The number of carbonyl (C=O) groups excluding carboxylic acids is 4. The SMILES string of the molecule is C=CCCC(=O)N[C@H](COC)[C@H](OC(=O)[C@H]1[C@@H]2O[C@@]3(CC2Br)[C@@H]1C(=O)N([C@@H](CO)Cc1ccccc1)[C@@H]3C(=O)N(CC=C)c1ccc(OC)cc1)c1ccccc1. The Morgan fingerprint density at radius 2 is 1.72 bits per heavy atom. The maximum atomic E-state index is 15.2. The predicted molar refractivity (Wildman–Crippen MR) is 218 cm³/mol. The average Bonchev–Trinajstić information content (AvgIpc) is 3.83. The van der Waals surface area contributed by atoms with E-state index < -0.39 is 77.0 Å². The van der Waals surface area contributed by atoms with Gasteiger partial charge in [0.2, 0.25) is 11.8 Å². The number of aliphatic hydroxyl groups excluding tert-OH is 1. The summed E-state index contributed by atoms with van der Waals surface area (Å²) in [6, 6.07) is 22.6. The van der Waals surface area contributed by atoms with E-state index in [0.717, 1.165) is 5.56 Å². The Bertz CT molecular complexity index is 1900. The summed E-state index contributed by atoms with van der Waals surface area (Å²) in [5, 5.41) is 13.9. The largest absolute Gasteiger partial charge is 0.497 e. The molecule has 0 aliphatic carbocycles. The van der Waals surface area contributed by atoms with Crippen LogP contribution in [0.4, 0.5) is 5.69 Å². The van der Waals surface area contributed by atoms with E-state index in [1.54, 1.807) is 67.8 Å². The number of carbonyl (C=O) groups is 4. The molecule has 1 unspecified atom stereocenters. The quantitative estimate of drug-likeness (QED) is 0.0975. The van der Waals surface area contributed by atoms with Crippen LogP contribution in [-0.2, 0) is 39.8 Å². The average molecular weight is 845 g/mol. The van der Waals surface area contributed by atoms with Gasteiger partial charge >= 0.3 is 5.97 Å². The van der Waals surface area contributed by atoms with Crippen LogP contribution < -0.4 is 15.0 Å². The Morgan fingerprint density at radius 3 is 2.33 bits per heavy atom. The Hall–Kier alpha value is -4.82. The van der Waals surface area contributed by atoms with Crippen molar-refractivity contribution in [3.8, 4) is 5.75 Å². The summed E-state index contributed by atoms with van der Waals surface area (Å²) < 4.78 is 24.1. The number of halogens is 1. The van der Waals surface area contributed by atoms with Crippen molar-refractivity contribution in [1.29, 1.82) is 0 Å². The zero-order valence-corrected chi connectivity index (χ0v) is 33.8. The van der Waals surface area contributed by atoms with Crippen molar-refractivity contribution >= 4 is 45.3 Å². The Labute approximate surface area is 341 Å². The van der Waals surface area contributed by atoms with Gasteiger partial charge in [-0.25, -0.2) is 0 Å². The molecular formula is C44H50BrN3O9. The van der Waals surface area contributed by atoms with Crippen LogP contribution in [0.5, 0.6) is 5.75 Å². The molecule has 0 saturated carbocycles. The number of hydrogen-bond donors (Lipinski definition) is 2. The summed E-state index contributed by atoms with van der Waals surface area (Å²) in [7, 11) is 3.05. The highest BCUT2D eigenvalue weighted by atomic mass is 79.9. The smallest absolute Gasteiger partial charge is 0.313 e. The fourth-order valence-corrected chi connectivity index (χ4v) is 9.58. The van der Waals surface area contributed by atoms with Crippen LogP contribution in [-0.4, -0.2) is 102 Å². The van der Waals surface area contributed by atoms with Crippen LogP contribution in [0.3, 0.4) is 0 Å². The lowest BCUT2D eigenvalue weighted by atomic mass is 9.70. The van der Waals surface area contributed by atoms with E-state index in [-0.39, 0.29) is 38.3 Å². The molecule has 1 spiro atoms. The lowest BCUT2D eigenvalue weighted by Crippen LogP contribution is -2.59. The van der Waals surface area contributed by atoms with Crippen molar-refractivity contribution in [3.05, 3.63) is 121 Å². The molecule has 12 nitrogen and oxygen atoms in total. The van der Waals surface area contributed by atoms with E-state index in [2.05, 4.69) is 34.4 Å². The molecule has 9 atom stereocenters. The molecule has 3 aromatic rings. The molecule has 302 valence electrons. The number of methoxy groups -OCH3 is 2. The molecule has 3 amide bonds. The molecule has 3 heterocycles. The van der Waals surface area contributed by atoms with Crippen molar-refractivity contribution in [2.45, 2.75) is 66.4 Å². The molecule has 3 fully saturated rings. The number of ether oxygens (including phenoxy) is 4. The third-order valence-electron chi connectivity index (χ3n) is 11.1. The summed E-state index contributed by atoms with van der Waals surface area (Å²) in [5.41, 5.74) is 0.550. The van der Waals surface area contributed by atoms with Crippen molar-refractivity contribution < 1.29 is 43.2 Å². The number of esters is 1. The third kappa shape index (κ3) is 8.43. The van der Waals surface area contributed by atoms with Crippen LogP contribution in [0.2, 0.25) is 0 Å². The molecule has 3 aromatic carbocycles. The molecule has 0 radical (unpaired) electrons. The molecule has 2 N–H and O–H groups in total. The van der Waals surface area contributed by atoms with Crippen molar-refractivity contribution in [2.24, 2.45) is 11.8 Å². The Balaban J connectivity index is 1.41. The second-order valence-electron chi connectivity index (χ2n) is 14.6. The first kappa shape index (κ1) is 41.8. The second kappa shape index (κ2) is 18.6. The number of allylic oxidation sites excluding steroid dienone is 1. The van der Waals surface area contributed by atoms with Crippen LogP contribution in [0, 0.1) is 11.8 Å². The number of hydrogen-bond acceptors (Lipinski definition) is 9. The number of likely N-dealkylation sites (tertiary alicyclic amines) is 1. The number of alkyl halides is 1. The standard InChI is InChI=1S/C44H50BrN3O9/c1-5-7-18-35(50)46-34(27-54-3)38(29-16-12-9-13-17-29)56-43(53)36-37-41(51)48(31(26-49)24-28-14-10-8-11-15-28)40(44(37)25-33(45)39(36)57-44)42(52)47(23-6-2)30-19-21-32(55-4)22-20-30/h5-6,8-17,19-22,31,33-34,36-40,49H,1-2,7,18,23-27H2,3-4H3,(H,46,50)/t31-,33?,34-,36-,37+,38-,39-,40-,44+/m1/s1. The van der Waals surface area contributed by atoms with E-state index in [1.165, 1.54) is 16.9 Å². The molecule has 57 heavy (non-hydrogen) atoms. The van der Waals surface area contributed by atoms with Crippen LogP contribution in [0.15, 0.2) is 110 Å². The molecular weight excluding hydrogens is 794 g/mol. The zero-order valence-electron chi connectivity index (χ0n) is 32.2. The van der Waals surface area contributed by atoms with Gasteiger partial charge in [-0.15, -0.1) is 13.2 Å². The fourth-order valence-electron chi connectivity index (χ4n) is 8.63. The number of rotatable bonds is 19. The molecule has 3 aliphatic rings. The monoisotopic (exact) mass is 843 g/mol. The lowest BCUT2D eigenvalue weighted by Gasteiger charge is -2.39. The summed E-state index contributed by atoms with van der Waals surface area (Å²) in [4.78, 5) is 60.8. The van der Waals surface area contributed by atoms with Crippen LogP contribution in [0.25, 0.3) is 0 Å². The first-order valence-electron chi connectivity index (χ1n) is 19.1.